The number of nitrogens with zero attached hydrogens (tertiary/aromatic N) is 1. The molecule has 1 aliphatic rings. The molecular formula is C14H17Cl3N4O. The lowest BCUT2D eigenvalue weighted by atomic mass is 10.1. The largest absolute Gasteiger partial charge is 0.322 e. The van der Waals surface area contributed by atoms with Crippen LogP contribution in [0, 0.1) is 0 Å². The number of hydrazone groups is 1. The average Bonchev–Trinajstić information content (AvgIpc) is 2.46. The molecule has 0 radical (unpaired) electrons. The van der Waals surface area contributed by atoms with Crippen molar-refractivity contribution in [2.24, 2.45) is 5.10 Å². The molecule has 22 heavy (non-hydrogen) atoms. The van der Waals surface area contributed by atoms with E-state index in [4.69, 9.17) is 34.8 Å². The van der Waals surface area contributed by atoms with Gasteiger partial charge in [0.2, 0.25) is 5.91 Å². The fraction of sp³-hybridized carbons (Fsp3) is 0.429. The molecule has 0 spiro atoms. The highest BCUT2D eigenvalue weighted by Crippen LogP contribution is 2.29. The van der Waals surface area contributed by atoms with Gasteiger partial charge >= 0.3 is 0 Å². The summed E-state index contributed by atoms with van der Waals surface area (Å²) in [4.78, 5) is 11.6. The molecule has 120 valence electrons. The van der Waals surface area contributed by atoms with Crippen molar-refractivity contribution in [2.45, 2.75) is 38.5 Å². The van der Waals surface area contributed by atoms with Gasteiger partial charge in [-0.25, -0.2) is 0 Å². The molecule has 2 unspecified atom stereocenters. The van der Waals surface area contributed by atoms with Gasteiger partial charge in [-0.05, 0) is 18.6 Å². The van der Waals surface area contributed by atoms with Gasteiger partial charge in [-0.3, -0.25) is 15.5 Å². The Morgan fingerprint density at radius 3 is 2.82 bits per heavy atom. The summed E-state index contributed by atoms with van der Waals surface area (Å²) < 4.78 is 0. The van der Waals surface area contributed by atoms with E-state index in [1.54, 1.807) is 12.1 Å². The molecule has 1 amide bonds. The lowest BCUT2D eigenvalue weighted by Crippen LogP contribution is -2.61. The van der Waals surface area contributed by atoms with Gasteiger partial charge in [0.1, 0.15) is 0 Å². The van der Waals surface area contributed by atoms with E-state index in [-0.39, 0.29) is 11.9 Å². The summed E-state index contributed by atoms with van der Waals surface area (Å²) in [5.41, 5.74) is 3.35. The molecule has 0 aromatic heterocycles. The van der Waals surface area contributed by atoms with Crippen molar-refractivity contribution in [2.75, 3.05) is 0 Å². The van der Waals surface area contributed by atoms with Crippen LogP contribution in [0.1, 0.15) is 31.7 Å². The third-order valence-electron chi connectivity index (χ3n) is 3.25. The van der Waals surface area contributed by atoms with Crippen LogP contribution in [-0.4, -0.2) is 24.5 Å². The van der Waals surface area contributed by atoms with Gasteiger partial charge in [0.05, 0.1) is 21.3 Å². The van der Waals surface area contributed by atoms with Gasteiger partial charge < -0.3 is 5.32 Å². The van der Waals surface area contributed by atoms with Crippen LogP contribution >= 0.6 is 34.8 Å². The molecule has 2 atom stereocenters. The van der Waals surface area contributed by atoms with Crippen LogP contribution in [0.25, 0.3) is 0 Å². The molecule has 0 bridgehead atoms. The summed E-state index contributed by atoms with van der Waals surface area (Å²) in [5.74, 6) is -0.0104. The lowest BCUT2D eigenvalue weighted by molar-refractivity contribution is -0.124. The van der Waals surface area contributed by atoms with Gasteiger partial charge in [-0.1, -0.05) is 48.1 Å². The highest BCUT2D eigenvalue weighted by atomic mass is 35.5. The number of rotatable bonds is 5. The number of carbonyl (C=O) groups is 1. The predicted molar refractivity (Wildman–Crippen MR) is 90.6 cm³/mol. The number of carbonyl (C=O) groups excluding carboxylic acids is 1. The molecule has 2 rings (SSSR count). The fourth-order valence-electron chi connectivity index (χ4n) is 2.22. The van der Waals surface area contributed by atoms with E-state index in [1.807, 2.05) is 0 Å². The summed E-state index contributed by atoms with van der Waals surface area (Å²) >= 11 is 18.1. The topological polar surface area (TPSA) is 65.5 Å². The van der Waals surface area contributed by atoms with Crippen molar-refractivity contribution in [1.82, 2.24) is 16.1 Å². The van der Waals surface area contributed by atoms with Crippen molar-refractivity contribution in [3.05, 3.63) is 32.8 Å². The van der Waals surface area contributed by atoms with Crippen molar-refractivity contribution in [1.29, 1.82) is 0 Å². The van der Waals surface area contributed by atoms with Crippen LogP contribution in [0.4, 0.5) is 0 Å². The van der Waals surface area contributed by atoms with Crippen molar-refractivity contribution >= 4 is 46.9 Å². The normalized spacial score (nSPS) is 21.9. The molecule has 0 aliphatic carbocycles. The number of benzene rings is 1. The maximum Gasteiger partial charge on any atom is 0.224 e. The predicted octanol–water partition coefficient (Wildman–Crippen LogP) is 3.13. The van der Waals surface area contributed by atoms with Crippen LogP contribution in [0.2, 0.25) is 15.1 Å². The fourth-order valence-corrected chi connectivity index (χ4v) is 2.85. The van der Waals surface area contributed by atoms with Crippen molar-refractivity contribution in [3.8, 4) is 0 Å². The zero-order valence-electron chi connectivity index (χ0n) is 12.0. The van der Waals surface area contributed by atoms with Gasteiger partial charge in [-0.15, -0.1) is 0 Å². The monoisotopic (exact) mass is 362 g/mol. The molecule has 1 aromatic carbocycles. The zero-order valence-corrected chi connectivity index (χ0v) is 14.3. The Bertz CT molecular complexity index is 579. The Balaban J connectivity index is 2.00. The minimum atomic E-state index is -0.425. The first-order valence-corrected chi connectivity index (χ1v) is 8.12. The highest BCUT2D eigenvalue weighted by Gasteiger charge is 2.24. The number of hydrogen-bond acceptors (Lipinski definition) is 4. The molecule has 1 aliphatic heterocycles. The number of nitrogens with one attached hydrogen (secondary N) is 3. The molecule has 0 saturated carbocycles. The highest BCUT2D eigenvalue weighted by molar-refractivity contribution is 6.45. The molecule has 1 heterocycles. The average molecular weight is 364 g/mol. The van der Waals surface area contributed by atoms with Gasteiger partial charge in [0.15, 0.2) is 6.29 Å². The van der Waals surface area contributed by atoms with Gasteiger partial charge in [0, 0.05) is 18.0 Å². The quantitative estimate of drug-likeness (QED) is 0.428. The van der Waals surface area contributed by atoms with E-state index < -0.39 is 6.29 Å². The smallest absolute Gasteiger partial charge is 0.224 e. The van der Waals surface area contributed by atoms with Gasteiger partial charge in [0.25, 0.3) is 0 Å². The molecular weight excluding hydrogens is 347 g/mol. The second-order valence-corrected chi connectivity index (χ2v) is 6.19. The summed E-state index contributed by atoms with van der Waals surface area (Å²) in [6.45, 7) is 2.08. The maximum atomic E-state index is 11.6. The van der Waals surface area contributed by atoms with E-state index in [0.29, 0.717) is 27.1 Å². The molecule has 1 aromatic rings. The van der Waals surface area contributed by atoms with Gasteiger partial charge in [-0.2, -0.15) is 5.10 Å². The summed E-state index contributed by atoms with van der Waals surface area (Å²) in [6.07, 6.45) is 3.47. The third kappa shape index (κ3) is 4.49. The number of hydrogen-bond donors (Lipinski definition) is 3. The standard InChI is InChI=1S/C14H17Cl3N4O/c1-2-3-8-6-12(22)20-14(19-8)21-18-7-9-10(15)4-5-11(16)13(9)17/h4-5,7-8,14,19,21H,2-3,6H2,1H3,(H,20,22)/b18-7+. The Kier molecular flexibility index (Phi) is 6.32. The molecule has 1 saturated heterocycles. The van der Waals surface area contributed by atoms with E-state index >= 15 is 0 Å². The third-order valence-corrected chi connectivity index (χ3v) is 4.40. The lowest BCUT2D eigenvalue weighted by Gasteiger charge is -2.30. The van der Waals surface area contributed by atoms with Crippen LogP contribution < -0.4 is 16.1 Å². The molecule has 5 nitrogen and oxygen atoms in total. The van der Waals surface area contributed by atoms with Crippen molar-refractivity contribution < 1.29 is 4.79 Å². The minimum Gasteiger partial charge on any atom is -0.322 e. The minimum absolute atomic E-state index is 0.0104. The Morgan fingerprint density at radius 2 is 2.09 bits per heavy atom. The first kappa shape index (κ1) is 17.3. The van der Waals surface area contributed by atoms with E-state index in [9.17, 15) is 4.79 Å². The maximum absolute atomic E-state index is 11.6. The molecule has 3 N–H and O–H groups in total. The summed E-state index contributed by atoms with van der Waals surface area (Å²) in [5, 5.41) is 11.3. The molecule has 8 heteroatoms. The van der Waals surface area contributed by atoms with Crippen molar-refractivity contribution in [3.63, 3.8) is 0 Å². The second-order valence-electron chi connectivity index (χ2n) is 5.00. The van der Waals surface area contributed by atoms with Crippen LogP contribution in [0.3, 0.4) is 0 Å². The Labute approximate surface area is 144 Å². The summed E-state index contributed by atoms with van der Waals surface area (Å²) in [7, 11) is 0. The first-order valence-electron chi connectivity index (χ1n) is 6.98. The Morgan fingerprint density at radius 1 is 1.36 bits per heavy atom. The summed E-state index contributed by atoms with van der Waals surface area (Å²) in [6, 6.07) is 3.41. The number of amides is 1. The van der Waals surface area contributed by atoms with Crippen LogP contribution in [0.5, 0.6) is 0 Å². The first-order chi connectivity index (χ1) is 10.5. The van der Waals surface area contributed by atoms with E-state index in [1.165, 1.54) is 6.21 Å². The SMILES string of the molecule is CCCC1CC(=O)NC(N/N=C/c2c(Cl)ccc(Cl)c2Cl)N1. The van der Waals surface area contributed by atoms with E-state index in [2.05, 4.69) is 28.1 Å². The van der Waals surface area contributed by atoms with E-state index in [0.717, 1.165) is 12.8 Å². The zero-order chi connectivity index (χ0) is 16.1. The molecule has 1 fully saturated rings. The number of halogens is 3. The van der Waals surface area contributed by atoms with Crippen LogP contribution in [-0.2, 0) is 4.79 Å². The second kappa shape index (κ2) is 8.02. The Hall–Kier alpha value is -1.01. The van der Waals surface area contributed by atoms with Crippen LogP contribution in [0.15, 0.2) is 17.2 Å².